The Bertz CT molecular complexity index is 1100. The summed E-state index contributed by atoms with van der Waals surface area (Å²) in [4.78, 5) is 27.9. The first-order valence-electron chi connectivity index (χ1n) is 11.6. The fraction of sp³-hybridized carbons (Fsp3) is 0.462. The van der Waals surface area contributed by atoms with Crippen LogP contribution in [0.25, 0.3) is 0 Å². The molecule has 1 saturated heterocycles. The van der Waals surface area contributed by atoms with Crippen molar-refractivity contribution in [2.75, 3.05) is 20.2 Å². The number of benzene rings is 2. The summed E-state index contributed by atoms with van der Waals surface area (Å²) in [6.07, 6.45) is -0.168. The minimum atomic E-state index is -0.965. The monoisotopic (exact) mass is 487 g/mol. The van der Waals surface area contributed by atoms with Crippen molar-refractivity contribution in [3.05, 3.63) is 70.8 Å². The number of carbonyl (C=O) groups is 2. The summed E-state index contributed by atoms with van der Waals surface area (Å²) in [7, 11) is 1.58. The largest absolute Gasteiger partial charge is 0.444 e. The van der Waals surface area contributed by atoms with Crippen molar-refractivity contribution >= 4 is 12.0 Å². The van der Waals surface area contributed by atoms with Crippen LogP contribution < -0.4 is 10.6 Å². The lowest BCUT2D eigenvalue weighted by Gasteiger charge is -2.43. The predicted molar refractivity (Wildman–Crippen MR) is 126 cm³/mol. The molecule has 0 aromatic heterocycles. The number of rotatable bonds is 6. The molecule has 2 aliphatic rings. The lowest BCUT2D eigenvalue weighted by molar-refractivity contribution is -0.134. The summed E-state index contributed by atoms with van der Waals surface area (Å²) in [5.41, 5.74) is 1.29. The van der Waals surface area contributed by atoms with Gasteiger partial charge in [0.2, 0.25) is 5.91 Å². The molecule has 0 radical (unpaired) electrons. The van der Waals surface area contributed by atoms with Gasteiger partial charge < -0.3 is 20.1 Å². The zero-order valence-corrected chi connectivity index (χ0v) is 20.3. The average molecular weight is 488 g/mol. The van der Waals surface area contributed by atoms with E-state index in [1.165, 1.54) is 6.07 Å². The summed E-state index contributed by atoms with van der Waals surface area (Å²) < 4.78 is 39.1. The topological polar surface area (TPSA) is 79.9 Å². The zero-order chi connectivity index (χ0) is 25.3. The molecule has 35 heavy (non-hydrogen) atoms. The van der Waals surface area contributed by atoms with Crippen LogP contribution in [-0.4, -0.2) is 54.8 Å². The number of likely N-dealkylation sites (tertiary alicyclic amines) is 1. The summed E-state index contributed by atoms with van der Waals surface area (Å²) in [6.45, 7) is 6.20. The number of nitrogens with zero attached hydrogens (tertiary/aromatic N) is 1. The van der Waals surface area contributed by atoms with Gasteiger partial charge >= 0.3 is 6.09 Å². The number of halogens is 2. The maximum absolute atomic E-state index is 14.7. The highest BCUT2D eigenvalue weighted by atomic mass is 19.1. The van der Waals surface area contributed by atoms with E-state index in [0.29, 0.717) is 19.5 Å². The number of ether oxygens (including phenoxy) is 2. The Morgan fingerprint density at radius 3 is 2.46 bits per heavy atom. The molecule has 9 heteroatoms. The Labute approximate surface area is 203 Å². The molecule has 0 spiro atoms. The number of methoxy groups -OCH3 is 1. The van der Waals surface area contributed by atoms with Crippen LogP contribution in [0.4, 0.5) is 13.6 Å². The first kappa shape index (κ1) is 25.1. The minimum Gasteiger partial charge on any atom is -0.444 e. The van der Waals surface area contributed by atoms with E-state index < -0.39 is 47.4 Å². The van der Waals surface area contributed by atoms with Crippen molar-refractivity contribution in [1.82, 2.24) is 15.5 Å². The van der Waals surface area contributed by atoms with E-state index in [4.69, 9.17) is 9.47 Å². The van der Waals surface area contributed by atoms with Gasteiger partial charge in [0, 0.05) is 31.8 Å². The molecule has 188 valence electrons. The van der Waals surface area contributed by atoms with E-state index in [2.05, 4.69) is 10.6 Å². The predicted octanol–water partition coefficient (Wildman–Crippen LogP) is 3.64. The van der Waals surface area contributed by atoms with Crippen molar-refractivity contribution in [2.45, 2.75) is 57.0 Å². The van der Waals surface area contributed by atoms with E-state index in [0.717, 1.165) is 23.3 Å². The highest BCUT2D eigenvalue weighted by Gasteiger charge is 2.41. The molecule has 7 nitrogen and oxygen atoms in total. The second-order valence-corrected chi connectivity index (χ2v) is 10.0. The second-order valence-electron chi connectivity index (χ2n) is 10.0. The third-order valence-corrected chi connectivity index (χ3v) is 6.31. The summed E-state index contributed by atoms with van der Waals surface area (Å²) in [6, 6.07) is 8.88. The van der Waals surface area contributed by atoms with Crippen LogP contribution in [0.3, 0.4) is 0 Å². The molecular formula is C26H31F2N3O4. The number of fused-ring (bicyclic) bond motifs is 1. The Morgan fingerprint density at radius 2 is 1.80 bits per heavy atom. The lowest BCUT2D eigenvalue weighted by Crippen LogP contribution is -2.57. The van der Waals surface area contributed by atoms with E-state index >= 15 is 0 Å². The van der Waals surface area contributed by atoms with E-state index in [1.807, 2.05) is 24.3 Å². The van der Waals surface area contributed by atoms with E-state index in [-0.39, 0.29) is 11.7 Å². The molecule has 4 rings (SSSR count). The molecule has 2 unspecified atom stereocenters. The van der Waals surface area contributed by atoms with Gasteiger partial charge in [-0.3, -0.25) is 9.69 Å². The first-order valence-corrected chi connectivity index (χ1v) is 11.6. The van der Waals surface area contributed by atoms with Gasteiger partial charge in [0.15, 0.2) is 0 Å². The molecule has 3 atom stereocenters. The molecule has 0 bridgehead atoms. The van der Waals surface area contributed by atoms with Crippen LogP contribution in [-0.2, 0) is 20.7 Å². The van der Waals surface area contributed by atoms with Gasteiger partial charge in [0.05, 0.1) is 18.2 Å². The number of nitrogens with one attached hydrogen (secondary N) is 2. The standard InChI is InChI=1S/C26H31F2N3O4/c1-26(2,3)35-25(33)30-22-18-8-6-5-7-15(18)11-21(22)29-24(32)23(31-13-17(14-31)34-4)19-10-9-16(27)12-20(19)28/h5-10,12,17,21-23H,11,13-14H2,1-4H3,(H,29,32)(H,30,33)/t21-,22?,23?/m0/s1. The SMILES string of the molecule is COC1CN(C(C(=O)N[C@H]2Cc3ccccc3C2NC(=O)OC(C)(C)C)c2ccc(F)cc2F)C1. The summed E-state index contributed by atoms with van der Waals surface area (Å²) in [5, 5.41) is 5.90. The van der Waals surface area contributed by atoms with Crippen LogP contribution in [0, 0.1) is 11.6 Å². The molecule has 2 N–H and O–H groups in total. The highest BCUT2D eigenvalue weighted by Crippen LogP contribution is 2.34. The van der Waals surface area contributed by atoms with Gasteiger partial charge in [-0.05, 0) is 44.4 Å². The highest BCUT2D eigenvalue weighted by molar-refractivity contribution is 5.84. The van der Waals surface area contributed by atoms with Gasteiger partial charge in [-0.1, -0.05) is 30.3 Å². The fourth-order valence-corrected chi connectivity index (χ4v) is 4.66. The zero-order valence-electron chi connectivity index (χ0n) is 20.3. The van der Waals surface area contributed by atoms with Gasteiger partial charge in [0.25, 0.3) is 0 Å². The smallest absolute Gasteiger partial charge is 0.408 e. The third-order valence-electron chi connectivity index (χ3n) is 6.31. The van der Waals surface area contributed by atoms with Gasteiger partial charge in [-0.25, -0.2) is 13.6 Å². The van der Waals surface area contributed by atoms with Crippen molar-refractivity contribution in [1.29, 1.82) is 0 Å². The number of carbonyl (C=O) groups excluding carboxylic acids is 2. The van der Waals surface area contributed by atoms with E-state index in [1.54, 1.807) is 32.8 Å². The Hall–Kier alpha value is -3.04. The maximum atomic E-state index is 14.7. The maximum Gasteiger partial charge on any atom is 0.408 e. The molecule has 2 aromatic carbocycles. The molecule has 1 aliphatic heterocycles. The minimum absolute atomic E-state index is 0.0638. The van der Waals surface area contributed by atoms with Gasteiger partial charge in [0.1, 0.15) is 23.3 Å². The van der Waals surface area contributed by atoms with Gasteiger partial charge in [-0.15, -0.1) is 0 Å². The van der Waals surface area contributed by atoms with Crippen LogP contribution in [0.1, 0.15) is 49.5 Å². The lowest BCUT2D eigenvalue weighted by atomic mass is 9.98. The fourth-order valence-electron chi connectivity index (χ4n) is 4.66. The molecule has 2 amide bonds. The van der Waals surface area contributed by atoms with Crippen LogP contribution >= 0.6 is 0 Å². The Kier molecular flexibility index (Phi) is 7.10. The Morgan fingerprint density at radius 1 is 1.09 bits per heavy atom. The van der Waals surface area contributed by atoms with E-state index in [9.17, 15) is 18.4 Å². The second kappa shape index (κ2) is 9.91. The average Bonchev–Trinajstić information content (AvgIpc) is 3.06. The van der Waals surface area contributed by atoms with Crippen LogP contribution in [0.15, 0.2) is 42.5 Å². The molecule has 1 aliphatic carbocycles. The number of alkyl carbamates (subject to hydrolysis) is 1. The number of hydrogen-bond acceptors (Lipinski definition) is 5. The normalized spacial score (nSPS) is 21.1. The van der Waals surface area contributed by atoms with Gasteiger partial charge in [-0.2, -0.15) is 0 Å². The molecule has 2 aromatic rings. The molecular weight excluding hydrogens is 456 g/mol. The van der Waals surface area contributed by atoms with Crippen molar-refractivity contribution in [3.63, 3.8) is 0 Å². The van der Waals surface area contributed by atoms with Crippen LogP contribution in [0.5, 0.6) is 0 Å². The number of hydrogen-bond donors (Lipinski definition) is 2. The van der Waals surface area contributed by atoms with Crippen molar-refractivity contribution in [3.8, 4) is 0 Å². The number of amides is 2. The summed E-state index contributed by atoms with van der Waals surface area (Å²) in [5.74, 6) is -1.93. The third kappa shape index (κ3) is 5.62. The summed E-state index contributed by atoms with van der Waals surface area (Å²) >= 11 is 0. The van der Waals surface area contributed by atoms with Crippen molar-refractivity contribution in [2.24, 2.45) is 0 Å². The molecule has 1 fully saturated rings. The Balaban J connectivity index is 1.57. The van der Waals surface area contributed by atoms with Crippen LogP contribution in [0.2, 0.25) is 0 Å². The molecule has 0 saturated carbocycles. The molecule has 1 heterocycles. The first-order chi connectivity index (χ1) is 16.6. The quantitative estimate of drug-likeness (QED) is 0.651. The van der Waals surface area contributed by atoms with Crippen molar-refractivity contribution < 1.29 is 27.8 Å².